The lowest BCUT2D eigenvalue weighted by atomic mass is 10.2. The van der Waals surface area contributed by atoms with Gasteiger partial charge in [-0.05, 0) is 46.6 Å². The number of ether oxygens (including phenoxy) is 1. The molecule has 2 rings (SSSR count). The van der Waals surface area contributed by atoms with E-state index in [1.54, 1.807) is 25.3 Å². The van der Waals surface area contributed by atoms with Gasteiger partial charge >= 0.3 is 0 Å². The van der Waals surface area contributed by atoms with Crippen LogP contribution in [0.4, 0.5) is 0 Å². The fourth-order valence-electron chi connectivity index (χ4n) is 1.38. The molecule has 0 radical (unpaired) electrons. The predicted octanol–water partition coefficient (Wildman–Crippen LogP) is 3.69. The number of rotatable bonds is 3. The van der Waals surface area contributed by atoms with Crippen molar-refractivity contribution in [3.8, 4) is 11.6 Å². The van der Waals surface area contributed by atoms with E-state index >= 15 is 0 Å². The molecule has 1 heterocycles. The van der Waals surface area contributed by atoms with Gasteiger partial charge in [-0.15, -0.1) is 0 Å². The van der Waals surface area contributed by atoms with Crippen molar-refractivity contribution in [3.63, 3.8) is 0 Å². The first kappa shape index (κ1) is 12.1. The van der Waals surface area contributed by atoms with Crippen LogP contribution in [-0.4, -0.2) is 10.1 Å². The van der Waals surface area contributed by atoms with Gasteiger partial charge in [-0.25, -0.2) is 4.98 Å². The van der Waals surface area contributed by atoms with Crippen LogP contribution in [0.1, 0.15) is 18.6 Å². The van der Waals surface area contributed by atoms with Crippen LogP contribution in [0.5, 0.6) is 11.6 Å². The highest BCUT2D eigenvalue weighted by molar-refractivity contribution is 9.10. The van der Waals surface area contributed by atoms with Gasteiger partial charge in [-0.1, -0.05) is 12.1 Å². The monoisotopic (exact) mass is 293 g/mol. The van der Waals surface area contributed by atoms with Crippen LogP contribution in [0.3, 0.4) is 0 Å². The van der Waals surface area contributed by atoms with Gasteiger partial charge in [-0.3, -0.25) is 0 Å². The Balaban J connectivity index is 2.25. The normalized spacial score (nSPS) is 12.2. The highest BCUT2D eigenvalue weighted by Crippen LogP contribution is 2.28. The summed E-state index contributed by atoms with van der Waals surface area (Å²) in [5, 5.41) is 9.48. The number of nitrogens with zero attached hydrogens (tertiary/aromatic N) is 1. The number of benzene rings is 1. The minimum absolute atomic E-state index is 0.468. The molecule has 17 heavy (non-hydrogen) atoms. The zero-order chi connectivity index (χ0) is 12.3. The van der Waals surface area contributed by atoms with E-state index in [2.05, 4.69) is 20.9 Å². The largest absolute Gasteiger partial charge is 0.438 e. The number of aliphatic hydroxyl groups is 1. The Labute approximate surface area is 108 Å². The molecule has 0 aliphatic carbocycles. The Morgan fingerprint density at radius 1 is 1.29 bits per heavy atom. The number of pyridine rings is 1. The van der Waals surface area contributed by atoms with E-state index in [9.17, 15) is 5.11 Å². The third-order valence-corrected chi connectivity index (χ3v) is 2.95. The van der Waals surface area contributed by atoms with E-state index in [4.69, 9.17) is 4.74 Å². The standard InChI is InChI=1S/C13H12BrNO2/c1-9(16)10-6-7-15-13(8-10)17-12-5-3-2-4-11(12)14/h2-9,16H,1H3/t9-/m1/s1. The lowest BCUT2D eigenvalue weighted by molar-refractivity contribution is 0.198. The third kappa shape index (κ3) is 3.05. The minimum atomic E-state index is -0.528. The van der Waals surface area contributed by atoms with E-state index in [1.165, 1.54) is 0 Å². The van der Waals surface area contributed by atoms with Crippen LogP contribution in [0.2, 0.25) is 0 Å². The van der Waals surface area contributed by atoms with Crippen LogP contribution in [0.15, 0.2) is 47.1 Å². The van der Waals surface area contributed by atoms with Gasteiger partial charge in [0.2, 0.25) is 5.88 Å². The van der Waals surface area contributed by atoms with Gasteiger partial charge in [0.25, 0.3) is 0 Å². The molecule has 1 atom stereocenters. The first-order valence-corrected chi connectivity index (χ1v) is 6.02. The third-order valence-electron chi connectivity index (χ3n) is 2.29. The average molecular weight is 294 g/mol. The van der Waals surface area contributed by atoms with E-state index < -0.39 is 6.10 Å². The average Bonchev–Trinajstić information content (AvgIpc) is 2.32. The molecule has 1 aromatic carbocycles. The quantitative estimate of drug-likeness (QED) is 0.938. The second-order valence-electron chi connectivity index (χ2n) is 3.64. The molecule has 4 heteroatoms. The van der Waals surface area contributed by atoms with Crippen molar-refractivity contribution in [1.29, 1.82) is 0 Å². The summed E-state index contributed by atoms with van der Waals surface area (Å²) in [6.45, 7) is 1.71. The van der Waals surface area contributed by atoms with Crippen molar-refractivity contribution in [2.75, 3.05) is 0 Å². The van der Waals surface area contributed by atoms with E-state index in [0.717, 1.165) is 10.0 Å². The summed E-state index contributed by atoms with van der Waals surface area (Å²) in [5.74, 6) is 1.16. The summed E-state index contributed by atoms with van der Waals surface area (Å²) in [6, 6.07) is 11.0. The van der Waals surface area contributed by atoms with Gasteiger partial charge in [0.15, 0.2) is 0 Å². The van der Waals surface area contributed by atoms with Crippen molar-refractivity contribution < 1.29 is 9.84 Å². The summed E-state index contributed by atoms with van der Waals surface area (Å²) < 4.78 is 6.50. The summed E-state index contributed by atoms with van der Waals surface area (Å²) in [6.07, 6.45) is 1.09. The van der Waals surface area contributed by atoms with Crippen molar-refractivity contribution >= 4 is 15.9 Å². The highest BCUT2D eigenvalue weighted by Gasteiger charge is 2.06. The molecule has 0 aliphatic heterocycles. The van der Waals surface area contributed by atoms with Crippen LogP contribution in [0, 0.1) is 0 Å². The summed E-state index contributed by atoms with van der Waals surface area (Å²) in [7, 11) is 0. The van der Waals surface area contributed by atoms with Crippen LogP contribution in [0.25, 0.3) is 0 Å². The highest BCUT2D eigenvalue weighted by atomic mass is 79.9. The SMILES string of the molecule is C[C@@H](O)c1ccnc(Oc2ccccc2Br)c1. The summed E-state index contributed by atoms with van der Waals surface area (Å²) in [5.41, 5.74) is 0.780. The Morgan fingerprint density at radius 3 is 2.76 bits per heavy atom. The Kier molecular flexibility index (Phi) is 3.76. The predicted molar refractivity (Wildman–Crippen MR) is 69.1 cm³/mol. The first-order chi connectivity index (χ1) is 8.16. The molecule has 1 aromatic heterocycles. The number of aromatic nitrogens is 1. The second-order valence-corrected chi connectivity index (χ2v) is 4.49. The van der Waals surface area contributed by atoms with Gasteiger partial charge in [0, 0.05) is 12.3 Å². The maximum absolute atomic E-state index is 9.48. The zero-order valence-corrected chi connectivity index (χ0v) is 10.9. The number of halogens is 1. The minimum Gasteiger partial charge on any atom is -0.438 e. The smallest absolute Gasteiger partial charge is 0.219 e. The van der Waals surface area contributed by atoms with Crippen molar-refractivity contribution in [1.82, 2.24) is 4.98 Å². The van der Waals surface area contributed by atoms with E-state index in [-0.39, 0.29) is 0 Å². The Morgan fingerprint density at radius 2 is 2.06 bits per heavy atom. The molecule has 0 spiro atoms. The molecule has 0 unspecified atom stereocenters. The van der Waals surface area contributed by atoms with Crippen molar-refractivity contribution in [2.45, 2.75) is 13.0 Å². The first-order valence-electron chi connectivity index (χ1n) is 5.23. The molecule has 2 aromatic rings. The maximum atomic E-state index is 9.48. The van der Waals surface area contributed by atoms with E-state index in [0.29, 0.717) is 11.6 Å². The number of para-hydroxylation sites is 1. The topological polar surface area (TPSA) is 42.4 Å². The molecule has 0 fully saturated rings. The maximum Gasteiger partial charge on any atom is 0.219 e. The molecular weight excluding hydrogens is 282 g/mol. The molecule has 0 amide bonds. The number of hydrogen-bond donors (Lipinski definition) is 1. The zero-order valence-electron chi connectivity index (χ0n) is 9.30. The molecule has 0 bridgehead atoms. The van der Waals surface area contributed by atoms with Crippen LogP contribution in [-0.2, 0) is 0 Å². The van der Waals surface area contributed by atoms with Gasteiger partial charge in [-0.2, -0.15) is 0 Å². The molecular formula is C13H12BrNO2. The molecule has 0 saturated carbocycles. The molecule has 3 nitrogen and oxygen atoms in total. The molecule has 0 aliphatic rings. The summed E-state index contributed by atoms with van der Waals surface area (Å²) >= 11 is 3.40. The summed E-state index contributed by atoms with van der Waals surface area (Å²) in [4.78, 5) is 4.10. The number of hydrogen-bond acceptors (Lipinski definition) is 3. The fourth-order valence-corrected chi connectivity index (χ4v) is 1.75. The lowest BCUT2D eigenvalue weighted by Gasteiger charge is -2.09. The van der Waals surface area contributed by atoms with Gasteiger partial charge in [0.1, 0.15) is 5.75 Å². The van der Waals surface area contributed by atoms with Crippen molar-refractivity contribution in [2.24, 2.45) is 0 Å². The second kappa shape index (κ2) is 5.29. The van der Waals surface area contributed by atoms with Gasteiger partial charge in [0.05, 0.1) is 10.6 Å². The number of aliphatic hydroxyl groups excluding tert-OH is 1. The fraction of sp³-hybridized carbons (Fsp3) is 0.154. The molecule has 0 saturated heterocycles. The molecule has 1 N–H and O–H groups in total. The van der Waals surface area contributed by atoms with Gasteiger partial charge < -0.3 is 9.84 Å². The molecule has 88 valence electrons. The van der Waals surface area contributed by atoms with Crippen molar-refractivity contribution in [3.05, 3.63) is 52.6 Å². The van der Waals surface area contributed by atoms with E-state index in [1.807, 2.05) is 24.3 Å². The Hall–Kier alpha value is -1.39. The lowest BCUT2D eigenvalue weighted by Crippen LogP contribution is -1.94. The van der Waals surface area contributed by atoms with Crippen LogP contribution >= 0.6 is 15.9 Å². The van der Waals surface area contributed by atoms with Crippen LogP contribution < -0.4 is 4.74 Å². The Bertz CT molecular complexity index is 514.